The molecule has 158 valence electrons. The highest BCUT2D eigenvalue weighted by Crippen LogP contribution is 2.39. The van der Waals surface area contributed by atoms with Crippen LogP contribution in [0.5, 0.6) is 0 Å². The molecule has 0 radical (unpaired) electrons. The summed E-state index contributed by atoms with van der Waals surface area (Å²) >= 11 is 3.51. The van der Waals surface area contributed by atoms with Crippen LogP contribution in [0.15, 0.2) is 0 Å². The maximum absolute atomic E-state index is 6.39. The molecule has 1 unspecified atom stereocenters. The van der Waals surface area contributed by atoms with Crippen LogP contribution in [0.4, 0.5) is 0 Å². The molecule has 0 heterocycles. The third-order valence-corrected chi connectivity index (χ3v) is 14.4. The molecule has 5 nitrogen and oxygen atoms in total. The van der Waals surface area contributed by atoms with Crippen molar-refractivity contribution in [2.45, 2.75) is 78.4 Å². The second kappa shape index (κ2) is 15.6. The van der Waals surface area contributed by atoms with E-state index in [1.54, 1.807) is 0 Å². The first-order chi connectivity index (χ1) is 12.5. The average Bonchev–Trinajstić information content (AvgIpc) is 2.61. The van der Waals surface area contributed by atoms with Crippen LogP contribution < -0.4 is 0 Å². The Morgan fingerprint density at radius 3 is 1.46 bits per heavy atom. The minimum atomic E-state index is -2.88. The second-order valence-corrected chi connectivity index (χ2v) is 14.0. The van der Waals surface area contributed by atoms with Crippen LogP contribution in [0, 0.1) is 0 Å². The molecule has 8 heteroatoms. The van der Waals surface area contributed by atoms with E-state index < -0.39 is 17.4 Å². The van der Waals surface area contributed by atoms with Crippen molar-refractivity contribution in [1.82, 2.24) is 0 Å². The van der Waals surface area contributed by atoms with Crippen LogP contribution in [0.2, 0.25) is 11.2 Å². The monoisotopic (exact) mass is 472 g/mol. The molecule has 0 aromatic heterocycles. The van der Waals surface area contributed by atoms with Gasteiger partial charge in [-0.3, -0.25) is 0 Å². The number of alkyl halides is 1. The highest BCUT2D eigenvalue weighted by atomic mass is 79.9. The van der Waals surface area contributed by atoms with Gasteiger partial charge in [0, 0.05) is 38.4 Å². The number of rotatable bonds is 18. The van der Waals surface area contributed by atoms with E-state index in [1.165, 1.54) is 19.3 Å². The second-order valence-electron chi connectivity index (χ2n) is 6.16. The van der Waals surface area contributed by atoms with Gasteiger partial charge < -0.3 is 22.1 Å². The minimum Gasteiger partial charge on any atom is -0.394 e. The van der Waals surface area contributed by atoms with Gasteiger partial charge in [-0.05, 0) is 47.1 Å². The summed E-state index contributed by atoms with van der Waals surface area (Å²) in [5.74, 6) is 0. The van der Waals surface area contributed by atoms with E-state index in [2.05, 4.69) is 22.9 Å². The fourth-order valence-electron chi connectivity index (χ4n) is 3.33. The zero-order valence-corrected chi connectivity index (χ0v) is 21.4. The number of hydrogen-bond acceptors (Lipinski definition) is 5. The molecule has 0 aliphatic rings. The third kappa shape index (κ3) is 8.38. The zero-order valence-electron chi connectivity index (χ0n) is 17.8. The fourth-order valence-corrected chi connectivity index (χ4v) is 12.8. The first-order valence-electron chi connectivity index (χ1n) is 10.3. The summed E-state index contributed by atoms with van der Waals surface area (Å²) in [4.78, 5) is 0. The molecule has 0 N–H and O–H groups in total. The maximum Gasteiger partial charge on any atom is 0.505 e. The molecular weight excluding hydrogens is 432 g/mol. The van der Waals surface area contributed by atoms with E-state index >= 15 is 0 Å². The Hall–Kier alpha value is 0.714. The molecule has 0 saturated heterocycles. The van der Waals surface area contributed by atoms with Crippen LogP contribution in [0.1, 0.15) is 67.2 Å². The van der Waals surface area contributed by atoms with Crippen molar-refractivity contribution in [3.63, 3.8) is 0 Å². The van der Waals surface area contributed by atoms with Gasteiger partial charge in [-0.15, -0.1) is 0 Å². The molecule has 0 rings (SSSR count). The van der Waals surface area contributed by atoms with Gasteiger partial charge in [0.05, 0.1) is 5.16 Å². The molecule has 0 saturated carbocycles. The lowest BCUT2D eigenvalue weighted by Crippen LogP contribution is -2.61. The quantitative estimate of drug-likeness (QED) is 0.151. The summed E-state index contributed by atoms with van der Waals surface area (Å²) in [6.07, 6.45) is 4.74. The Labute approximate surface area is 172 Å². The van der Waals surface area contributed by atoms with Crippen LogP contribution in [0.25, 0.3) is 0 Å². The van der Waals surface area contributed by atoms with E-state index in [9.17, 15) is 0 Å². The smallest absolute Gasteiger partial charge is 0.394 e. The topological polar surface area (TPSA) is 46.2 Å². The average molecular weight is 474 g/mol. The summed E-state index contributed by atoms with van der Waals surface area (Å²) < 4.78 is 31.3. The first-order valence-corrected chi connectivity index (χ1v) is 15.3. The highest BCUT2D eigenvalue weighted by Gasteiger charge is 2.60. The summed E-state index contributed by atoms with van der Waals surface area (Å²) in [5, 5.41) is 1.10. The van der Waals surface area contributed by atoms with Crippen molar-refractivity contribution >= 4 is 33.3 Å². The summed E-state index contributed by atoms with van der Waals surface area (Å²) in [7, 11) is -5.41. The van der Waals surface area contributed by atoms with Gasteiger partial charge in [0.15, 0.2) is 0 Å². The summed E-state index contributed by atoms with van der Waals surface area (Å²) in [6.45, 7) is 15.3. The highest BCUT2D eigenvalue weighted by molar-refractivity contribution is 9.09. The molecule has 0 fully saturated rings. The van der Waals surface area contributed by atoms with Gasteiger partial charge in [-0.2, -0.15) is 0 Å². The molecule has 0 aliphatic carbocycles. The number of hydrogen-bond donors (Lipinski definition) is 0. The lowest BCUT2D eigenvalue weighted by molar-refractivity contribution is 0.0608. The van der Waals surface area contributed by atoms with Crippen molar-refractivity contribution < 1.29 is 22.1 Å². The molecule has 0 aliphatic heterocycles. The third-order valence-electron chi connectivity index (χ3n) is 4.41. The standard InChI is InChI=1S/C18H41BrO5Si2/c1-7-20-25(21-8-2,17-15-13-12-14-16-19)18(6)26(22-9-3,23-10-4)24-11-5/h18H,7-17H2,1-6H3. The summed E-state index contributed by atoms with van der Waals surface area (Å²) in [6, 6.07) is 0.958. The van der Waals surface area contributed by atoms with Gasteiger partial charge in [-0.1, -0.05) is 42.1 Å². The van der Waals surface area contributed by atoms with E-state index in [1.807, 2.05) is 34.6 Å². The molecular formula is C18H41BrO5Si2. The van der Waals surface area contributed by atoms with Crippen molar-refractivity contribution in [2.24, 2.45) is 0 Å². The molecule has 0 amide bonds. The van der Waals surface area contributed by atoms with E-state index in [4.69, 9.17) is 22.1 Å². The molecule has 0 spiro atoms. The Balaban J connectivity index is 5.54. The van der Waals surface area contributed by atoms with E-state index in [-0.39, 0.29) is 5.16 Å². The Kier molecular flexibility index (Phi) is 16.0. The molecule has 0 aromatic carbocycles. The first kappa shape index (κ1) is 26.7. The molecule has 0 aromatic rings. The fraction of sp³-hybridized carbons (Fsp3) is 1.00. The van der Waals surface area contributed by atoms with Crippen LogP contribution >= 0.6 is 15.9 Å². The van der Waals surface area contributed by atoms with Gasteiger partial charge in [-0.25, -0.2) is 0 Å². The molecule has 1 atom stereocenters. The van der Waals surface area contributed by atoms with Gasteiger partial charge in [0.25, 0.3) is 0 Å². The van der Waals surface area contributed by atoms with Crippen LogP contribution in [-0.4, -0.2) is 55.7 Å². The van der Waals surface area contributed by atoms with Gasteiger partial charge in [0.2, 0.25) is 0 Å². The van der Waals surface area contributed by atoms with E-state index in [0.29, 0.717) is 33.0 Å². The maximum atomic E-state index is 6.39. The predicted octanol–water partition coefficient (Wildman–Crippen LogP) is 5.43. The zero-order chi connectivity index (χ0) is 19.9. The Bertz CT molecular complexity index is 314. The van der Waals surface area contributed by atoms with Crippen molar-refractivity contribution in [1.29, 1.82) is 0 Å². The predicted molar refractivity (Wildman–Crippen MR) is 116 cm³/mol. The van der Waals surface area contributed by atoms with Crippen molar-refractivity contribution in [3.8, 4) is 0 Å². The molecule has 0 bridgehead atoms. The SMILES string of the molecule is CCO[Si](CCCCCCBr)(OCC)C(C)[Si](OCC)(OCC)OCC. The van der Waals surface area contributed by atoms with Crippen LogP contribution in [-0.2, 0) is 22.1 Å². The Morgan fingerprint density at radius 2 is 1.08 bits per heavy atom. The van der Waals surface area contributed by atoms with Crippen molar-refractivity contribution in [3.05, 3.63) is 0 Å². The molecule has 26 heavy (non-hydrogen) atoms. The number of halogens is 1. The van der Waals surface area contributed by atoms with Crippen molar-refractivity contribution in [2.75, 3.05) is 38.4 Å². The minimum absolute atomic E-state index is 0.0333. The largest absolute Gasteiger partial charge is 0.505 e. The van der Waals surface area contributed by atoms with E-state index in [0.717, 1.165) is 17.8 Å². The van der Waals surface area contributed by atoms with Gasteiger partial charge >= 0.3 is 17.4 Å². The van der Waals surface area contributed by atoms with Gasteiger partial charge in [0.1, 0.15) is 0 Å². The lowest BCUT2D eigenvalue weighted by Gasteiger charge is -2.42. The lowest BCUT2D eigenvalue weighted by atomic mass is 10.2. The van der Waals surface area contributed by atoms with Crippen LogP contribution in [0.3, 0.4) is 0 Å². The summed E-state index contributed by atoms with van der Waals surface area (Å²) in [5.41, 5.74) is 0. The number of unbranched alkanes of at least 4 members (excludes halogenated alkanes) is 3. The Morgan fingerprint density at radius 1 is 0.654 bits per heavy atom. The normalized spacial score (nSPS) is 14.0.